The topological polar surface area (TPSA) is 45.5 Å². The van der Waals surface area contributed by atoms with Crippen molar-refractivity contribution >= 4 is 21.8 Å². The predicted molar refractivity (Wildman–Crippen MR) is 75.8 cm³/mol. The first-order valence-electron chi connectivity index (χ1n) is 5.97. The fourth-order valence-electron chi connectivity index (χ4n) is 1.60. The average molecular weight is 317 g/mol. The van der Waals surface area contributed by atoms with E-state index in [4.69, 9.17) is 0 Å². The van der Waals surface area contributed by atoms with Gasteiger partial charge in [0.2, 0.25) is 0 Å². The smallest absolute Gasteiger partial charge is 0.270 e. The lowest BCUT2D eigenvalue weighted by atomic mass is 10.0. The molecule has 5 heteroatoms. The second kappa shape index (κ2) is 5.45. The molecule has 0 saturated carbocycles. The van der Waals surface area contributed by atoms with Gasteiger partial charge in [-0.15, -0.1) is 0 Å². The molecule has 0 spiro atoms. The fourth-order valence-corrected chi connectivity index (χ4v) is 2.03. The summed E-state index contributed by atoms with van der Waals surface area (Å²) >= 11 is 3.40. The van der Waals surface area contributed by atoms with Crippen molar-refractivity contribution in [3.63, 3.8) is 0 Å². The Hall–Kier alpha value is -0.810. The molecule has 18 heavy (non-hydrogen) atoms. The van der Waals surface area contributed by atoms with Crippen molar-refractivity contribution in [2.24, 2.45) is 0 Å². The van der Waals surface area contributed by atoms with Gasteiger partial charge in [0.25, 0.3) is 5.91 Å². The number of aliphatic hydroxyl groups is 1. The summed E-state index contributed by atoms with van der Waals surface area (Å²) in [5, 5.41) is 9.33. The molecule has 1 N–H and O–H groups in total. The molecule has 0 fully saturated rings. The summed E-state index contributed by atoms with van der Waals surface area (Å²) in [6, 6.07) is 2.02. The molecule has 1 aromatic rings. The molecule has 1 heterocycles. The highest BCUT2D eigenvalue weighted by Gasteiger charge is 2.29. The maximum atomic E-state index is 12.5. The van der Waals surface area contributed by atoms with Crippen molar-refractivity contribution in [1.29, 1.82) is 0 Å². The highest BCUT2D eigenvalue weighted by molar-refractivity contribution is 9.10. The summed E-state index contributed by atoms with van der Waals surface area (Å²) in [7, 11) is 1.71. The maximum absolute atomic E-state index is 12.5. The number of hydrogen-bond donors (Lipinski definition) is 1. The first-order valence-corrected chi connectivity index (χ1v) is 6.76. The highest BCUT2D eigenvalue weighted by atomic mass is 79.9. The van der Waals surface area contributed by atoms with Crippen LogP contribution in [0.5, 0.6) is 0 Å². The summed E-state index contributed by atoms with van der Waals surface area (Å²) in [6.45, 7) is 7.66. The average Bonchev–Trinajstić information content (AvgIpc) is 2.69. The van der Waals surface area contributed by atoms with E-state index in [-0.39, 0.29) is 18.6 Å². The summed E-state index contributed by atoms with van der Waals surface area (Å²) in [5.74, 6) is -0.0894. The van der Waals surface area contributed by atoms with Gasteiger partial charge in [0, 0.05) is 23.8 Å². The second-order valence-corrected chi connectivity index (χ2v) is 6.29. The quantitative estimate of drug-likeness (QED) is 0.928. The van der Waals surface area contributed by atoms with E-state index < -0.39 is 5.54 Å². The van der Waals surface area contributed by atoms with E-state index in [9.17, 15) is 9.90 Å². The Kier molecular flexibility index (Phi) is 4.61. The van der Waals surface area contributed by atoms with Crippen molar-refractivity contribution in [2.75, 3.05) is 13.7 Å². The van der Waals surface area contributed by atoms with Crippen LogP contribution in [0.3, 0.4) is 0 Å². The van der Waals surface area contributed by atoms with Gasteiger partial charge >= 0.3 is 0 Å². The van der Waals surface area contributed by atoms with Crippen LogP contribution in [0, 0.1) is 0 Å². The molecule has 0 atom stereocenters. The normalized spacial score (nSPS) is 12.0. The van der Waals surface area contributed by atoms with E-state index in [1.165, 1.54) is 0 Å². The lowest BCUT2D eigenvalue weighted by Gasteiger charge is -2.34. The Morgan fingerprint density at radius 1 is 1.56 bits per heavy atom. The number of halogens is 1. The van der Waals surface area contributed by atoms with Crippen LogP contribution in [0.4, 0.5) is 0 Å². The van der Waals surface area contributed by atoms with Gasteiger partial charge in [-0.1, -0.05) is 0 Å². The number of carbonyl (C=O) groups is 1. The summed E-state index contributed by atoms with van der Waals surface area (Å²) in [6.07, 6.45) is 1.90. The number of rotatable bonds is 4. The van der Waals surface area contributed by atoms with Gasteiger partial charge in [-0.25, -0.2) is 0 Å². The first-order chi connectivity index (χ1) is 8.20. The van der Waals surface area contributed by atoms with Gasteiger partial charge in [0.05, 0.1) is 12.1 Å². The Morgan fingerprint density at radius 3 is 2.56 bits per heavy atom. The molecule has 0 unspecified atom stereocenters. The fraction of sp³-hybridized carbons (Fsp3) is 0.615. The minimum absolute atomic E-state index is 0.0706. The Morgan fingerprint density at radius 2 is 2.11 bits per heavy atom. The minimum Gasteiger partial charge on any atom is -0.394 e. The molecule has 0 aliphatic rings. The van der Waals surface area contributed by atoms with Gasteiger partial charge < -0.3 is 14.6 Å². The number of hydrogen-bond acceptors (Lipinski definition) is 2. The van der Waals surface area contributed by atoms with Gasteiger partial charge in [0.15, 0.2) is 0 Å². The molecule has 0 radical (unpaired) electrons. The molecule has 4 nitrogen and oxygen atoms in total. The maximum Gasteiger partial charge on any atom is 0.270 e. The Labute approximate surface area is 117 Å². The third-order valence-corrected chi connectivity index (χ3v) is 3.62. The van der Waals surface area contributed by atoms with E-state index in [0.29, 0.717) is 5.69 Å². The van der Waals surface area contributed by atoms with E-state index in [1.54, 1.807) is 11.9 Å². The molecule has 0 bridgehead atoms. The van der Waals surface area contributed by atoms with Crippen LogP contribution in [0.25, 0.3) is 0 Å². The third-order valence-electron chi connectivity index (χ3n) is 3.19. The molecular weight excluding hydrogens is 296 g/mol. The van der Waals surface area contributed by atoms with Gasteiger partial charge in [-0.2, -0.15) is 0 Å². The van der Waals surface area contributed by atoms with Crippen molar-refractivity contribution in [2.45, 2.75) is 39.3 Å². The number of nitrogens with zero attached hydrogens (tertiary/aromatic N) is 2. The lowest BCUT2D eigenvalue weighted by molar-refractivity contribution is 0.0462. The molecule has 102 valence electrons. The molecule has 0 aliphatic heterocycles. The van der Waals surface area contributed by atoms with Crippen molar-refractivity contribution in [3.8, 4) is 0 Å². The second-order valence-electron chi connectivity index (χ2n) is 5.38. The predicted octanol–water partition coefficient (Wildman–Crippen LogP) is 2.67. The minimum atomic E-state index is -0.574. The number of carbonyl (C=O) groups excluding carboxylic acids is 1. The van der Waals surface area contributed by atoms with Crippen molar-refractivity contribution < 1.29 is 9.90 Å². The lowest BCUT2D eigenvalue weighted by Crippen LogP contribution is -2.48. The molecule has 0 saturated heterocycles. The summed E-state index contributed by atoms with van der Waals surface area (Å²) < 4.78 is 2.81. The van der Waals surface area contributed by atoms with Gasteiger partial charge in [-0.3, -0.25) is 4.79 Å². The molecule has 1 aromatic heterocycles. The van der Waals surface area contributed by atoms with Crippen LogP contribution in [-0.2, 0) is 0 Å². The molecule has 1 amide bonds. The van der Waals surface area contributed by atoms with Crippen LogP contribution in [0.2, 0.25) is 0 Å². The van der Waals surface area contributed by atoms with Crippen molar-refractivity contribution in [3.05, 3.63) is 22.4 Å². The van der Waals surface area contributed by atoms with E-state index >= 15 is 0 Å². The van der Waals surface area contributed by atoms with Crippen LogP contribution in [0.15, 0.2) is 16.7 Å². The zero-order chi connectivity index (χ0) is 14.1. The third kappa shape index (κ3) is 2.95. The number of aliphatic hydroxyl groups excluding tert-OH is 1. The molecular formula is C13H21BrN2O2. The number of amides is 1. The zero-order valence-corrected chi connectivity index (χ0v) is 13.2. The molecule has 0 aliphatic carbocycles. The van der Waals surface area contributed by atoms with Gasteiger partial charge in [-0.05, 0) is 49.7 Å². The molecule has 0 aromatic carbocycles. The Balaban J connectivity index is 3.11. The van der Waals surface area contributed by atoms with E-state index in [0.717, 1.165) is 4.47 Å². The zero-order valence-electron chi connectivity index (χ0n) is 11.6. The number of aromatic nitrogens is 1. The standard InChI is InChI=1S/C13H21BrN2O2/c1-9(2)16-7-10(14)6-11(16)12(18)15(5)13(3,4)8-17/h6-7,9,17H,8H2,1-5H3. The van der Waals surface area contributed by atoms with Crippen LogP contribution >= 0.6 is 15.9 Å². The van der Waals surface area contributed by atoms with Crippen LogP contribution in [0.1, 0.15) is 44.2 Å². The highest BCUT2D eigenvalue weighted by Crippen LogP contribution is 2.23. The van der Waals surface area contributed by atoms with Crippen LogP contribution < -0.4 is 0 Å². The largest absolute Gasteiger partial charge is 0.394 e. The first kappa shape index (κ1) is 15.2. The molecule has 1 rings (SSSR count). The Bertz CT molecular complexity index is 438. The summed E-state index contributed by atoms with van der Waals surface area (Å²) in [4.78, 5) is 14.0. The van der Waals surface area contributed by atoms with E-state index in [1.807, 2.05) is 44.5 Å². The van der Waals surface area contributed by atoms with E-state index in [2.05, 4.69) is 15.9 Å². The number of likely N-dealkylation sites (N-methyl/N-ethyl adjacent to an activating group) is 1. The van der Waals surface area contributed by atoms with Gasteiger partial charge in [0.1, 0.15) is 5.69 Å². The van der Waals surface area contributed by atoms with Crippen molar-refractivity contribution in [1.82, 2.24) is 9.47 Å². The summed E-state index contributed by atoms with van der Waals surface area (Å²) in [5.41, 5.74) is 0.0521. The SMILES string of the molecule is CC(C)n1cc(Br)cc1C(=O)N(C)C(C)(C)CO. The van der Waals surface area contributed by atoms with Crippen LogP contribution in [-0.4, -0.2) is 39.7 Å². The monoisotopic (exact) mass is 316 g/mol.